The number of aromatic amines is 1. The molecule has 0 aromatic carbocycles. The average Bonchev–Trinajstić information content (AvgIpc) is 2.53. The minimum atomic E-state index is 0.518. The second-order valence-electron chi connectivity index (χ2n) is 3.52. The van der Waals surface area contributed by atoms with Crippen molar-refractivity contribution in [1.29, 1.82) is 0 Å². The van der Waals surface area contributed by atoms with Gasteiger partial charge in [0.25, 0.3) is 0 Å². The van der Waals surface area contributed by atoms with Gasteiger partial charge in [0, 0.05) is 17.3 Å². The quantitative estimate of drug-likeness (QED) is 0.687. The van der Waals surface area contributed by atoms with E-state index in [4.69, 9.17) is 4.42 Å². The molecule has 0 saturated carbocycles. The van der Waals surface area contributed by atoms with Gasteiger partial charge in [0.05, 0.1) is 11.8 Å². The Kier molecular flexibility index (Phi) is 1.50. The van der Waals surface area contributed by atoms with Crippen molar-refractivity contribution >= 4 is 11.1 Å². The van der Waals surface area contributed by atoms with E-state index in [-0.39, 0.29) is 0 Å². The molecule has 0 bridgehead atoms. The second kappa shape index (κ2) is 2.41. The van der Waals surface area contributed by atoms with E-state index in [1.807, 2.05) is 13.1 Å². The molecule has 2 heterocycles. The molecule has 2 aromatic heterocycles. The van der Waals surface area contributed by atoms with Gasteiger partial charge in [-0.25, -0.2) is 0 Å². The number of furan rings is 1. The molecule has 0 fully saturated rings. The summed E-state index contributed by atoms with van der Waals surface area (Å²) in [7, 11) is 0. The van der Waals surface area contributed by atoms with Crippen LogP contribution >= 0.6 is 0 Å². The highest BCUT2D eigenvalue weighted by molar-refractivity contribution is 5.80. The van der Waals surface area contributed by atoms with E-state index in [2.05, 4.69) is 18.8 Å². The molecule has 64 valence electrons. The Morgan fingerprint density at radius 2 is 2.17 bits per heavy atom. The summed E-state index contributed by atoms with van der Waals surface area (Å²) >= 11 is 0. The van der Waals surface area contributed by atoms with Crippen molar-refractivity contribution in [1.82, 2.24) is 4.98 Å². The minimum absolute atomic E-state index is 0.518. The van der Waals surface area contributed by atoms with Crippen LogP contribution in [-0.4, -0.2) is 4.98 Å². The summed E-state index contributed by atoms with van der Waals surface area (Å²) in [5.41, 5.74) is 4.59. The molecule has 2 aromatic rings. The van der Waals surface area contributed by atoms with Gasteiger partial charge in [-0.2, -0.15) is 0 Å². The van der Waals surface area contributed by atoms with Crippen LogP contribution in [-0.2, 0) is 0 Å². The molecule has 0 atom stereocenters. The van der Waals surface area contributed by atoms with Gasteiger partial charge >= 0.3 is 0 Å². The first-order chi connectivity index (χ1) is 5.70. The molecule has 2 nitrogen and oxygen atoms in total. The van der Waals surface area contributed by atoms with Crippen molar-refractivity contribution in [2.45, 2.75) is 26.7 Å². The third kappa shape index (κ3) is 0.876. The molecule has 12 heavy (non-hydrogen) atoms. The molecule has 0 aliphatic carbocycles. The van der Waals surface area contributed by atoms with Gasteiger partial charge in [0.2, 0.25) is 0 Å². The number of aryl methyl sites for hydroxylation is 1. The van der Waals surface area contributed by atoms with Gasteiger partial charge in [-0.05, 0) is 12.8 Å². The fourth-order valence-electron chi connectivity index (χ4n) is 1.48. The number of hydrogen-bond donors (Lipinski definition) is 1. The van der Waals surface area contributed by atoms with Gasteiger partial charge in [0.1, 0.15) is 0 Å². The maximum absolute atomic E-state index is 5.45. The fourth-order valence-corrected chi connectivity index (χ4v) is 1.48. The highest BCUT2D eigenvalue weighted by atomic mass is 16.3. The van der Waals surface area contributed by atoms with E-state index < -0.39 is 0 Å². The molecule has 0 radical (unpaired) electrons. The summed E-state index contributed by atoms with van der Waals surface area (Å²) < 4.78 is 5.45. The zero-order valence-corrected chi connectivity index (χ0v) is 7.64. The normalized spacial score (nSPS) is 11.7. The summed E-state index contributed by atoms with van der Waals surface area (Å²) in [6, 6.07) is 0. The van der Waals surface area contributed by atoms with Crippen LogP contribution in [0.25, 0.3) is 11.1 Å². The van der Waals surface area contributed by atoms with Crippen molar-refractivity contribution in [3.63, 3.8) is 0 Å². The number of nitrogens with one attached hydrogen (secondary N) is 1. The third-order valence-electron chi connectivity index (χ3n) is 2.23. The summed E-state index contributed by atoms with van der Waals surface area (Å²) in [6.45, 7) is 6.38. The summed E-state index contributed by atoms with van der Waals surface area (Å²) in [5, 5.41) is 0. The van der Waals surface area contributed by atoms with Crippen LogP contribution in [0.4, 0.5) is 0 Å². The molecule has 0 aliphatic rings. The third-order valence-corrected chi connectivity index (χ3v) is 2.23. The molecular formula is C10H13NO. The molecule has 0 unspecified atom stereocenters. The van der Waals surface area contributed by atoms with E-state index in [0.717, 1.165) is 11.1 Å². The van der Waals surface area contributed by atoms with Gasteiger partial charge in [-0.3, -0.25) is 0 Å². The van der Waals surface area contributed by atoms with Gasteiger partial charge in [0.15, 0.2) is 5.58 Å². The predicted octanol–water partition coefficient (Wildman–Crippen LogP) is 3.19. The Hall–Kier alpha value is -1.18. The highest BCUT2D eigenvalue weighted by Crippen LogP contribution is 2.27. The lowest BCUT2D eigenvalue weighted by Gasteiger charge is -1.97. The van der Waals surface area contributed by atoms with E-state index >= 15 is 0 Å². The topological polar surface area (TPSA) is 28.9 Å². The first-order valence-electron chi connectivity index (χ1n) is 4.25. The standard InChI is InChI=1S/C10H13NO/c1-6(2)8-4-11-9-7(3)5-12-10(8)9/h4-6,11H,1-3H3. The lowest BCUT2D eigenvalue weighted by atomic mass is 10.1. The van der Waals surface area contributed by atoms with Crippen molar-refractivity contribution in [2.75, 3.05) is 0 Å². The highest BCUT2D eigenvalue weighted by Gasteiger charge is 2.11. The Labute approximate surface area is 71.6 Å². The fraction of sp³-hybridized carbons (Fsp3) is 0.400. The number of hydrogen-bond acceptors (Lipinski definition) is 1. The molecular weight excluding hydrogens is 150 g/mol. The molecule has 2 rings (SSSR count). The van der Waals surface area contributed by atoms with Gasteiger partial charge in [-0.1, -0.05) is 13.8 Å². The van der Waals surface area contributed by atoms with Crippen LogP contribution in [0.1, 0.15) is 30.9 Å². The zero-order chi connectivity index (χ0) is 8.72. The van der Waals surface area contributed by atoms with Crippen molar-refractivity contribution < 1.29 is 4.42 Å². The lowest BCUT2D eigenvalue weighted by molar-refractivity contribution is 0.605. The SMILES string of the molecule is Cc1coc2c(C(C)C)c[nH]c12. The van der Waals surface area contributed by atoms with E-state index in [0.29, 0.717) is 5.92 Å². The van der Waals surface area contributed by atoms with Crippen molar-refractivity contribution in [2.24, 2.45) is 0 Å². The summed E-state index contributed by atoms with van der Waals surface area (Å²) in [4.78, 5) is 3.22. The van der Waals surface area contributed by atoms with Gasteiger partial charge < -0.3 is 9.40 Å². The molecule has 0 aliphatic heterocycles. The van der Waals surface area contributed by atoms with Gasteiger partial charge in [-0.15, -0.1) is 0 Å². The van der Waals surface area contributed by atoms with E-state index in [1.54, 1.807) is 6.26 Å². The van der Waals surface area contributed by atoms with Crippen LogP contribution < -0.4 is 0 Å². The number of H-pyrrole nitrogens is 1. The van der Waals surface area contributed by atoms with Crippen LogP contribution in [0.2, 0.25) is 0 Å². The summed E-state index contributed by atoms with van der Waals surface area (Å²) in [5.74, 6) is 0.518. The smallest absolute Gasteiger partial charge is 0.155 e. The first kappa shape index (κ1) is 7.47. The Morgan fingerprint density at radius 1 is 1.42 bits per heavy atom. The van der Waals surface area contributed by atoms with Crippen LogP contribution in [0, 0.1) is 6.92 Å². The Bertz CT molecular complexity index is 395. The zero-order valence-electron chi connectivity index (χ0n) is 7.64. The van der Waals surface area contributed by atoms with Crippen LogP contribution in [0.5, 0.6) is 0 Å². The average molecular weight is 163 g/mol. The molecule has 2 heteroatoms. The molecule has 0 amide bonds. The maximum atomic E-state index is 5.45. The number of rotatable bonds is 1. The minimum Gasteiger partial charge on any atom is -0.462 e. The largest absolute Gasteiger partial charge is 0.462 e. The number of aromatic nitrogens is 1. The monoisotopic (exact) mass is 163 g/mol. The van der Waals surface area contributed by atoms with Crippen molar-refractivity contribution in [3.8, 4) is 0 Å². The molecule has 1 N–H and O–H groups in total. The Morgan fingerprint density at radius 3 is 2.83 bits per heavy atom. The Balaban J connectivity index is 2.71. The summed E-state index contributed by atoms with van der Waals surface area (Å²) in [6.07, 6.45) is 3.83. The first-order valence-corrected chi connectivity index (χ1v) is 4.25. The molecule has 0 spiro atoms. The second-order valence-corrected chi connectivity index (χ2v) is 3.52. The predicted molar refractivity (Wildman–Crippen MR) is 49.4 cm³/mol. The molecule has 0 saturated heterocycles. The van der Waals surface area contributed by atoms with Crippen LogP contribution in [0.3, 0.4) is 0 Å². The maximum Gasteiger partial charge on any atom is 0.155 e. The van der Waals surface area contributed by atoms with Crippen molar-refractivity contribution in [3.05, 3.63) is 23.6 Å². The van der Waals surface area contributed by atoms with Crippen LogP contribution in [0.15, 0.2) is 16.9 Å². The number of fused-ring (bicyclic) bond motifs is 1. The van der Waals surface area contributed by atoms with E-state index in [1.165, 1.54) is 11.1 Å². The van der Waals surface area contributed by atoms with E-state index in [9.17, 15) is 0 Å². The lowest BCUT2D eigenvalue weighted by Crippen LogP contribution is -1.81.